The van der Waals surface area contributed by atoms with Crippen LogP contribution in [-0.4, -0.2) is 40.5 Å². The van der Waals surface area contributed by atoms with Gasteiger partial charge in [-0.1, -0.05) is 0 Å². The van der Waals surface area contributed by atoms with Gasteiger partial charge in [0.25, 0.3) is 0 Å². The van der Waals surface area contributed by atoms with Crippen molar-refractivity contribution in [3.05, 3.63) is 55.0 Å². The van der Waals surface area contributed by atoms with Crippen LogP contribution in [0.3, 0.4) is 0 Å². The standard InChI is InChI=1S/C19H22FN5O.C2H4/c1-19(5-6-19)26-13-2-3-15(21)14(8-13)18(22)16-9-17(24-11-23-16)25-7-4-12(20)10-25;1-2/h2-3,8-9,11-12,22H,4-7,10,21H2,1H3;1-2H2/t12-;/m1./s1. The van der Waals surface area contributed by atoms with Gasteiger partial charge in [-0.25, -0.2) is 14.4 Å². The SMILES string of the molecule is C=C.CC1(Oc2ccc(N)c(C(=N)c3cc(N4CC[C@@H](F)C4)ncn3)c2)CC1. The van der Waals surface area contributed by atoms with Crippen LogP contribution in [0.25, 0.3) is 0 Å². The molecule has 2 fully saturated rings. The van der Waals surface area contributed by atoms with Gasteiger partial charge in [0, 0.05) is 23.9 Å². The molecule has 3 N–H and O–H groups in total. The fourth-order valence-electron chi connectivity index (χ4n) is 3.10. The minimum Gasteiger partial charge on any atom is -0.488 e. The molecule has 1 saturated heterocycles. The Morgan fingerprint density at radius 1 is 1.32 bits per heavy atom. The first-order chi connectivity index (χ1) is 13.4. The van der Waals surface area contributed by atoms with Gasteiger partial charge in [0.2, 0.25) is 0 Å². The lowest BCUT2D eigenvalue weighted by Gasteiger charge is -2.17. The quantitative estimate of drug-likeness (QED) is 0.466. The highest BCUT2D eigenvalue weighted by Gasteiger charge is 2.40. The third kappa shape index (κ3) is 4.30. The molecule has 2 aromatic rings. The summed E-state index contributed by atoms with van der Waals surface area (Å²) in [4.78, 5) is 10.3. The molecule has 4 rings (SSSR count). The Morgan fingerprint density at radius 3 is 2.71 bits per heavy atom. The molecule has 1 aromatic carbocycles. The summed E-state index contributed by atoms with van der Waals surface area (Å²) >= 11 is 0. The number of hydrogen-bond donors (Lipinski definition) is 2. The first-order valence-corrected chi connectivity index (χ1v) is 9.32. The molecule has 1 aromatic heterocycles. The normalized spacial score (nSPS) is 19.5. The molecule has 1 saturated carbocycles. The predicted octanol–water partition coefficient (Wildman–Crippen LogP) is 3.76. The van der Waals surface area contributed by atoms with Crippen molar-refractivity contribution in [2.24, 2.45) is 0 Å². The number of alkyl halides is 1. The summed E-state index contributed by atoms with van der Waals surface area (Å²) in [5.41, 5.74) is 7.71. The van der Waals surface area contributed by atoms with Gasteiger partial charge in [0.1, 0.15) is 29.7 Å². The Balaban J connectivity index is 0.00000109. The number of rotatable bonds is 5. The maximum atomic E-state index is 13.5. The maximum absolute atomic E-state index is 13.5. The second-order valence-corrected chi connectivity index (χ2v) is 7.27. The smallest absolute Gasteiger partial charge is 0.132 e. The second-order valence-electron chi connectivity index (χ2n) is 7.27. The van der Waals surface area contributed by atoms with Crippen LogP contribution in [0.5, 0.6) is 5.75 Å². The Kier molecular flexibility index (Phi) is 5.63. The van der Waals surface area contributed by atoms with E-state index in [0.29, 0.717) is 48.0 Å². The lowest BCUT2D eigenvalue weighted by atomic mass is 10.0. The topological polar surface area (TPSA) is 88.1 Å². The Hall–Kier alpha value is -2.96. The maximum Gasteiger partial charge on any atom is 0.132 e. The number of nitrogen functional groups attached to an aromatic ring is 1. The zero-order valence-corrected chi connectivity index (χ0v) is 16.1. The van der Waals surface area contributed by atoms with Crippen LogP contribution in [0.15, 0.2) is 43.8 Å². The first-order valence-electron chi connectivity index (χ1n) is 9.32. The highest BCUT2D eigenvalue weighted by molar-refractivity contribution is 6.13. The Morgan fingerprint density at radius 2 is 2.07 bits per heavy atom. The molecule has 0 spiro atoms. The van der Waals surface area contributed by atoms with E-state index in [-0.39, 0.29) is 11.3 Å². The molecule has 0 bridgehead atoms. The molecule has 1 atom stereocenters. The summed E-state index contributed by atoms with van der Waals surface area (Å²) in [6.07, 6.45) is 3.14. The van der Waals surface area contributed by atoms with E-state index in [4.69, 9.17) is 15.9 Å². The zero-order valence-electron chi connectivity index (χ0n) is 16.1. The third-order valence-corrected chi connectivity index (χ3v) is 4.98. The van der Waals surface area contributed by atoms with E-state index in [1.54, 1.807) is 18.2 Å². The summed E-state index contributed by atoms with van der Waals surface area (Å²) < 4.78 is 19.4. The fraction of sp³-hybridized carbons (Fsp3) is 0.381. The Labute approximate surface area is 164 Å². The summed E-state index contributed by atoms with van der Waals surface area (Å²) in [5.74, 6) is 1.34. The molecule has 1 aliphatic heterocycles. The summed E-state index contributed by atoms with van der Waals surface area (Å²) in [6, 6.07) is 7.08. The average Bonchev–Trinajstić information content (AvgIpc) is 3.27. The van der Waals surface area contributed by atoms with Crippen LogP contribution >= 0.6 is 0 Å². The van der Waals surface area contributed by atoms with Crippen molar-refractivity contribution in [3.63, 3.8) is 0 Å². The van der Waals surface area contributed by atoms with Crippen LogP contribution in [0.1, 0.15) is 37.4 Å². The van der Waals surface area contributed by atoms with E-state index in [2.05, 4.69) is 30.0 Å². The van der Waals surface area contributed by atoms with Crippen molar-refractivity contribution < 1.29 is 9.13 Å². The van der Waals surface area contributed by atoms with Crippen LogP contribution in [0.2, 0.25) is 0 Å². The van der Waals surface area contributed by atoms with Gasteiger partial charge in [-0.2, -0.15) is 0 Å². The van der Waals surface area contributed by atoms with Crippen molar-refractivity contribution >= 4 is 17.2 Å². The lowest BCUT2D eigenvalue weighted by molar-refractivity contribution is 0.200. The van der Waals surface area contributed by atoms with E-state index in [1.165, 1.54) is 6.33 Å². The molecule has 6 nitrogen and oxygen atoms in total. The molecule has 148 valence electrons. The number of halogens is 1. The molecule has 28 heavy (non-hydrogen) atoms. The number of ether oxygens (including phenoxy) is 1. The highest BCUT2D eigenvalue weighted by Crippen LogP contribution is 2.40. The Bertz CT molecular complexity index is 868. The van der Waals surface area contributed by atoms with Crippen LogP contribution in [-0.2, 0) is 0 Å². The van der Waals surface area contributed by atoms with Gasteiger partial charge < -0.3 is 15.4 Å². The molecule has 0 amide bonds. The van der Waals surface area contributed by atoms with Gasteiger partial charge in [-0.15, -0.1) is 13.2 Å². The van der Waals surface area contributed by atoms with Gasteiger partial charge in [0.15, 0.2) is 0 Å². The van der Waals surface area contributed by atoms with E-state index >= 15 is 0 Å². The molecule has 7 heteroatoms. The van der Waals surface area contributed by atoms with E-state index < -0.39 is 6.17 Å². The van der Waals surface area contributed by atoms with Crippen molar-refractivity contribution in [1.29, 1.82) is 5.41 Å². The average molecular weight is 383 g/mol. The van der Waals surface area contributed by atoms with Crippen molar-refractivity contribution in [2.75, 3.05) is 23.7 Å². The van der Waals surface area contributed by atoms with Crippen LogP contribution < -0.4 is 15.4 Å². The summed E-state index contributed by atoms with van der Waals surface area (Å²) in [6.45, 7) is 9.02. The number of nitrogens with two attached hydrogens (primary N) is 1. The number of nitrogens with zero attached hydrogens (tertiary/aromatic N) is 3. The molecular formula is C21H26FN5O. The van der Waals surface area contributed by atoms with Gasteiger partial charge >= 0.3 is 0 Å². The molecule has 2 aliphatic rings. The first kappa shape index (κ1) is 19.8. The van der Waals surface area contributed by atoms with Gasteiger partial charge in [-0.3, -0.25) is 5.41 Å². The molecule has 1 aliphatic carbocycles. The minimum atomic E-state index is -0.832. The minimum absolute atomic E-state index is 0.101. The number of nitrogens with one attached hydrogen (secondary N) is 1. The number of aromatic nitrogens is 2. The van der Waals surface area contributed by atoms with E-state index in [0.717, 1.165) is 12.8 Å². The van der Waals surface area contributed by atoms with E-state index in [9.17, 15) is 4.39 Å². The predicted molar refractivity (Wildman–Crippen MR) is 110 cm³/mol. The van der Waals surface area contributed by atoms with Gasteiger partial charge in [0.05, 0.1) is 18.0 Å². The van der Waals surface area contributed by atoms with Crippen molar-refractivity contribution in [2.45, 2.75) is 38.0 Å². The number of anilines is 2. The third-order valence-electron chi connectivity index (χ3n) is 4.98. The van der Waals surface area contributed by atoms with Crippen molar-refractivity contribution in [1.82, 2.24) is 9.97 Å². The summed E-state index contributed by atoms with van der Waals surface area (Å²) in [5, 5.41) is 8.54. The van der Waals surface area contributed by atoms with Crippen LogP contribution in [0.4, 0.5) is 15.9 Å². The molecular weight excluding hydrogens is 357 g/mol. The molecule has 0 radical (unpaired) electrons. The van der Waals surface area contributed by atoms with E-state index in [1.807, 2.05) is 11.0 Å². The number of benzene rings is 1. The zero-order chi connectivity index (χ0) is 20.3. The monoisotopic (exact) mass is 383 g/mol. The number of hydrogen-bond acceptors (Lipinski definition) is 6. The second kappa shape index (κ2) is 7.96. The van der Waals surface area contributed by atoms with Gasteiger partial charge in [-0.05, 0) is 44.4 Å². The molecule has 2 heterocycles. The highest BCUT2D eigenvalue weighted by atomic mass is 19.1. The lowest BCUT2D eigenvalue weighted by Crippen LogP contribution is -2.22. The fourth-order valence-corrected chi connectivity index (χ4v) is 3.10. The molecule has 0 unspecified atom stereocenters. The largest absolute Gasteiger partial charge is 0.488 e. The van der Waals surface area contributed by atoms with Crippen molar-refractivity contribution in [3.8, 4) is 5.75 Å². The summed E-state index contributed by atoms with van der Waals surface area (Å²) in [7, 11) is 0. The van der Waals surface area contributed by atoms with Crippen LogP contribution in [0, 0.1) is 5.41 Å².